The van der Waals surface area contributed by atoms with Crippen LogP contribution in [0.5, 0.6) is 0 Å². The Morgan fingerprint density at radius 2 is 1.97 bits per heavy atom. The summed E-state index contributed by atoms with van der Waals surface area (Å²) in [5.74, 6) is -1.53. The third-order valence-electron chi connectivity index (χ3n) is 5.40. The van der Waals surface area contributed by atoms with Crippen molar-refractivity contribution in [2.24, 2.45) is 0 Å². The molecular formula is C22H17F4N7O. The molecule has 0 bridgehead atoms. The molecule has 0 radical (unpaired) electrons. The summed E-state index contributed by atoms with van der Waals surface area (Å²) in [6, 6.07) is 7.30. The van der Waals surface area contributed by atoms with Crippen molar-refractivity contribution in [3.63, 3.8) is 0 Å². The van der Waals surface area contributed by atoms with E-state index in [-0.39, 0.29) is 17.0 Å². The van der Waals surface area contributed by atoms with Gasteiger partial charge in [0.1, 0.15) is 35.2 Å². The standard InChI is InChI=1S/C22H17F4N7O/c1-12-28-8-18-20(27)30-16-7-15(23)14(6-17(16)33(12)18)21(34)32(11-22(24,25)26)10-13-9-31-5-3-2-4-19(31)29-13/h2-9H,10-11H2,1H3,(H2,27,30). The van der Waals surface area contributed by atoms with Crippen molar-refractivity contribution >= 4 is 33.9 Å². The highest BCUT2D eigenvalue weighted by Crippen LogP contribution is 2.26. The second-order valence-corrected chi connectivity index (χ2v) is 7.82. The minimum Gasteiger partial charge on any atom is -0.382 e. The first kappa shape index (κ1) is 21.6. The first-order chi connectivity index (χ1) is 16.1. The summed E-state index contributed by atoms with van der Waals surface area (Å²) in [7, 11) is 0. The van der Waals surface area contributed by atoms with Gasteiger partial charge in [-0.15, -0.1) is 0 Å². The Morgan fingerprint density at radius 3 is 2.71 bits per heavy atom. The van der Waals surface area contributed by atoms with Crippen LogP contribution in [-0.2, 0) is 6.54 Å². The monoisotopic (exact) mass is 471 g/mol. The molecule has 0 aliphatic carbocycles. The lowest BCUT2D eigenvalue weighted by molar-refractivity contribution is -0.141. The van der Waals surface area contributed by atoms with Gasteiger partial charge in [-0.05, 0) is 25.1 Å². The first-order valence-corrected chi connectivity index (χ1v) is 10.1. The molecule has 0 aliphatic heterocycles. The molecule has 0 aliphatic rings. The number of aryl methyl sites for hydroxylation is 1. The molecule has 5 rings (SSSR count). The number of halogens is 4. The van der Waals surface area contributed by atoms with Gasteiger partial charge in [-0.25, -0.2) is 19.3 Å². The number of anilines is 1. The average molecular weight is 471 g/mol. The number of fused-ring (bicyclic) bond motifs is 4. The summed E-state index contributed by atoms with van der Waals surface area (Å²) >= 11 is 0. The van der Waals surface area contributed by atoms with E-state index in [1.54, 1.807) is 40.1 Å². The van der Waals surface area contributed by atoms with Crippen LogP contribution in [0.2, 0.25) is 0 Å². The Morgan fingerprint density at radius 1 is 1.18 bits per heavy atom. The molecule has 174 valence electrons. The fourth-order valence-corrected chi connectivity index (χ4v) is 3.95. The Bertz CT molecular complexity index is 1540. The molecule has 0 saturated heterocycles. The van der Waals surface area contributed by atoms with E-state index < -0.39 is 36.6 Å². The van der Waals surface area contributed by atoms with Crippen molar-refractivity contribution in [1.29, 1.82) is 0 Å². The van der Waals surface area contributed by atoms with Crippen molar-refractivity contribution in [2.75, 3.05) is 12.3 Å². The number of alkyl halides is 3. The van der Waals surface area contributed by atoms with Gasteiger partial charge >= 0.3 is 6.18 Å². The maximum atomic E-state index is 15.0. The van der Waals surface area contributed by atoms with Gasteiger partial charge in [0.25, 0.3) is 5.91 Å². The molecule has 0 unspecified atom stereocenters. The quantitative estimate of drug-likeness (QED) is 0.403. The van der Waals surface area contributed by atoms with Gasteiger partial charge in [0, 0.05) is 18.5 Å². The summed E-state index contributed by atoms with van der Waals surface area (Å²) in [4.78, 5) is 26.3. The third kappa shape index (κ3) is 3.76. The number of hydrogen-bond acceptors (Lipinski definition) is 5. The van der Waals surface area contributed by atoms with Gasteiger partial charge in [-0.2, -0.15) is 13.2 Å². The van der Waals surface area contributed by atoms with E-state index in [4.69, 9.17) is 5.73 Å². The number of hydrogen-bond donors (Lipinski definition) is 1. The fraction of sp³-hybridized carbons (Fsp3) is 0.182. The molecule has 2 N–H and O–H groups in total. The summed E-state index contributed by atoms with van der Waals surface area (Å²) < 4.78 is 58.2. The molecule has 8 nitrogen and oxygen atoms in total. The van der Waals surface area contributed by atoms with Crippen LogP contribution < -0.4 is 5.73 Å². The van der Waals surface area contributed by atoms with Crippen molar-refractivity contribution < 1.29 is 22.4 Å². The third-order valence-corrected chi connectivity index (χ3v) is 5.40. The number of aromatic nitrogens is 5. The van der Waals surface area contributed by atoms with Crippen LogP contribution in [-0.4, -0.2) is 47.3 Å². The van der Waals surface area contributed by atoms with Crippen LogP contribution >= 0.6 is 0 Å². The van der Waals surface area contributed by atoms with E-state index in [2.05, 4.69) is 15.0 Å². The number of imidazole rings is 2. The van der Waals surface area contributed by atoms with Crippen molar-refractivity contribution in [2.45, 2.75) is 19.6 Å². The second kappa shape index (κ2) is 7.68. The number of carbonyl (C=O) groups excluding carboxylic acids is 1. The van der Waals surface area contributed by atoms with Gasteiger partial charge in [-0.1, -0.05) is 6.07 Å². The summed E-state index contributed by atoms with van der Waals surface area (Å²) in [6.07, 6.45) is -0.0242. The van der Waals surface area contributed by atoms with Crippen LogP contribution in [0.15, 0.2) is 48.9 Å². The fourth-order valence-electron chi connectivity index (χ4n) is 3.95. The molecule has 4 heterocycles. The number of rotatable bonds is 4. The lowest BCUT2D eigenvalue weighted by Gasteiger charge is -2.23. The largest absolute Gasteiger partial charge is 0.406 e. The highest BCUT2D eigenvalue weighted by molar-refractivity contribution is 5.98. The Labute approximate surface area is 189 Å². The number of benzene rings is 1. The predicted octanol–water partition coefficient (Wildman–Crippen LogP) is 3.76. The zero-order valence-electron chi connectivity index (χ0n) is 17.7. The maximum Gasteiger partial charge on any atom is 0.406 e. The second-order valence-electron chi connectivity index (χ2n) is 7.82. The molecule has 1 amide bonds. The number of nitrogens with two attached hydrogens (primary N) is 1. The SMILES string of the molecule is Cc1ncc2c(N)nc3cc(F)c(C(=O)N(Cc4cn5ccccc5n4)CC(F)(F)F)cc3n12. The van der Waals surface area contributed by atoms with Crippen molar-refractivity contribution in [1.82, 2.24) is 28.7 Å². The van der Waals surface area contributed by atoms with Gasteiger partial charge < -0.3 is 15.0 Å². The number of pyridine rings is 1. The average Bonchev–Trinajstić information content (AvgIpc) is 3.35. The van der Waals surface area contributed by atoms with Crippen molar-refractivity contribution in [3.8, 4) is 0 Å². The van der Waals surface area contributed by atoms with Gasteiger partial charge in [0.15, 0.2) is 0 Å². The lowest BCUT2D eigenvalue weighted by atomic mass is 10.1. The van der Waals surface area contributed by atoms with E-state index in [1.807, 2.05) is 0 Å². The molecule has 0 atom stereocenters. The number of nitrogen functional groups attached to an aromatic ring is 1. The number of nitrogens with zero attached hydrogens (tertiary/aromatic N) is 6. The Hall–Kier alpha value is -4.22. The summed E-state index contributed by atoms with van der Waals surface area (Å²) in [5, 5.41) is 0. The molecule has 12 heteroatoms. The summed E-state index contributed by atoms with van der Waals surface area (Å²) in [5.41, 5.74) is 7.00. The van der Waals surface area contributed by atoms with Crippen LogP contribution in [0.4, 0.5) is 23.4 Å². The van der Waals surface area contributed by atoms with Gasteiger partial charge in [0.05, 0.1) is 35.0 Å². The molecular weight excluding hydrogens is 454 g/mol. The molecule has 4 aromatic heterocycles. The van der Waals surface area contributed by atoms with Gasteiger partial charge in [-0.3, -0.25) is 9.20 Å². The van der Waals surface area contributed by atoms with Crippen LogP contribution in [0.3, 0.4) is 0 Å². The van der Waals surface area contributed by atoms with E-state index in [0.29, 0.717) is 27.4 Å². The van der Waals surface area contributed by atoms with Crippen LogP contribution in [0.1, 0.15) is 21.9 Å². The van der Waals surface area contributed by atoms with Crippen molar-refractivity contribution in [3.05, 3.63) is 71.8 Å². The van der Waals surface area contributed by atoms with Crippen LogP contribution in [0.25, 0.3) is 22.2 Å². The topological polar surface area (TPSA) is 93.8 Å². The van der Waals surface area contributed by atoms with E-state index in [1.165, 1.54) is 18.5 Å². The molecule has 0 fully saturated rings. The van der Waals surface area contributed by atoms with E-state index in [9.17, 15) is 22.4 Å². The minimum atomic E-state index is -4.70. The maximum absolute atomic E-state index is 15.0. The summed E-state index contributed by atoms with van der Waals surface area (Å²) in [6.45, 7) is -0.357. The van der Waals surface area contributed by atoms with E-state index in [0.717, 1.165) is 6.07 Å². The zero-order valence-corrected chi connectivity index (χ0v) is 17.7. The Kier molecular flexibility index (Phi) is 4.88. The highest BCUT2D eigenvalue weighted by Gasteiger charge is 2.35. The molecule has 0 spiro atoms. The number of amides is 1. The molecule has 1 aromatic carbocycles. The lowest BCUT2D eigenvalue weighted by Crippen LogP contribution is -2.39. The van der Waals surface area contributed by atoms with Gasteiger partial charge in [0.2, 0.25) is 0 Å². The smallest absolute Gasteiger partial charge is 0.382 e. The highest BCUT2D eigenvalue weighted by atomic mass is 19.4. The molecule has 0 saturated carbocycles. The molecule has 34 heavy (non-hydrogen) atoms. The zero-order chi connectivity index (χ0) is 24.2. The van der Waals surface area contributed by atoms with Crippen LogP contribution in [0, 0.1) is 12.7 Å². The minimum absolute atomic E-state index is 0.108. The normalized spacial score (nSPS) is 12.1. The predicted molar refractivity (Wildman–Crippen MR) is 116 cm³/mol. The number of carbonyl (C=O) groups is 1. The molecule has 5 aromatic rings. The first-order valence-electron chi connectivity index (χ1n) is 10.1. The van der Waals surface area contributed by atoms with E-state index >= 15 is 0 Å². The Balaban J connectivity index is 1.60.